The van der Waals surface area contributed by atoms with Gasteiger partial charge in [0.1, 0.15) is 6.61 Å². The van der Waals surface area contributed by atoms with Crippen LogP contribution < -0.4 is 10.6 Å². The Morgan fingerprint density at radius 3 is 2.15 bits per heavy atom. The van der Waals surface area contributed by atoms with E-state index in [9.17, 15) is 14.4 Å². The Bertz CT molecular complexity index is 972. The summed E-state index contributed by atoms with van der Waals surface area (Å²) in [6, 6.07) is 15.8. The quantitative estimate of drug-likeness (QED) is 0.494. The summed E-state index contributed by atoms with van der Waals surface area (Å²) in [6.07, 6.45) is 0.639. The van der Waals surface area contributed by atoms with Crippen molar-refractivity contribution in [2.24, 2.45) is 0 Å². The minimum Gasteiger partial charge on any atom is -0.481 e. The van der Waals surface area contributed by atoms with Gasteiger partial charge in [0, 0.05) is 23.9 Å². The summed E-state index contributed by atoms with van der Waals surface area (Å²) >= 11 is 0. The molecule has 7 nitrogen and oxygen atoms in total. The van der Waals surface area contributed by atoms with E-state index in [1.54, 1.807) is 13.8 Å². The van der Waals surface area contributed by atoms with Gasteiger partial charge in [-0.05, 0) is 42.5 Å². The molecule has 0 radical (unpaired) electrons. The fraction of sp³-hybridized carbons (Fsp3) is 0.423. The lowest BCUT2D eigenvalue weighted by Gasteiger charge is -2.27. The highest BCUT2D eigenvalue weighted by Crippen LogP contribution is 2.44. The van der Waals surface area contributed by atoms with Crippen LogP contribution in [0.2, 0.25) is 0 Å². The molecule has 0 spiro atoms. The summed E-state index contributed by atoms with van der Waals surface area (Å²) < 4.78 is 5.57. The van der Waals surface area contributed by atoms with Crippen LogP contribution in [0.4, 0.5) is 4.79 Å². The van der Waals surface area contributed by atoms with Gasteiger partial charge in [0.2, 0.25) is 5.91 Å². The van der Waals surface area contributed by atoms with Crippen LogP contribution in [-0.2, 0) is 14.3 Å². The van der Waals surface area contributed by atoms with E-state index < -0.39 is 23.6 Å². The Morgan fingerprint density at radius 2 is 1.61 bits per heavy atom. The van der Waals surface area contributed by atoms with Gasteiger partial charge >= 0.3 is 12.1 Å². The fourth-order valence-corrected chi connectivity index (χ4v) is 4.42. The molecule has 33 heavy (non-hydrogen) atoms. The van der Waals surface area contributed by atoms with Gasteiger partial charge in [-0.15, -0.1) is 0 Å². The van der Waals surface area contributed by atoms with Gasteiger partial charge in [-0.2, -0.15) is 0 Å². The number of rotatable bonds is 10. The number of carboxylic acids is 1. The third kappa shape index (κ3) is 6.34. The number of benzene rings is 2. The molecule has 1 aliphatic rings. The van der Waals surface area contributed by atoms with Crippen molar-refractivity contribution in [1.29, 1.82) is 0 Å². The van der Waals surface area contributed by atoms with Crippen LogP contribution in [0.3, 0.4) is 0 Å². The van der Waals surface area contributed by atoms with Gasteiger partial charge in [-0.3, -0.25) is 9.59 Å². The lowest BCUT2D eigenvalue weighted by atomic mass is 9.98. The minimum absolute atomic E-state index is 0.0109. The third-order valence-corrected chi connectivity index (χ3v) is 5.81. The minimum atomic E-state index is -0.954. The third-order valence-electron chi connectivity index (χ3n) is 5.81. The topological polar surface area (TPSA) is 105 Å². The van der Waals surface area contributed by atoms with Gasteiger partial charge in [-0.25, -0.2) is 4.79 Å². The number of carbonyl (C=O) groups is 3. The Kier molecular flexibility index (Phi) is 7.74. The summed E-state index contributed by atoms with van der Waals surface area (Å²) in [5.74, 6) is -1.30. The first kappa shape index (κ1) is 24.3. The number of carbonyl (C=O) groups excluding carboxylic acids is 2. The van der Waals surface area contributed by atoms with Crippen molar-refractivity contribution >= 4 is 18.0 Å². The first-order valence-electron chi connectivity index (χ1n) is 11.3. The van der Waals surface area contributed by atoms with Crippen LogP contribution in [0, 0.1) is 0 Å². The summed E-state index contributed by atoms with van der Waals surface area (Å²) in [5, 5.41) is 14.6. The van der Waals surface area contributed by atoms with Crippen LogP contribution in [0.15, 0.2) is 48.5 Å². The molecule has 3 N–H and O–H groups in total. The number of carboxylic acid groups (broad SMARTS) is 1. The summed E-state index contributed by atoms with van der Waals surface area (Å²) in [6.45, 7) is 5.60. The lowest BCUT2D eigenvalue weighted by molar-refractivity contribution is -0.137. The van der Waals surface area contributed by atoms with E-state index in [0.29, 0.717) is 6.42 Å². The molecule has 0 bridgehead atoms. The first-order valence-corrected chi connectivity index (χ1v) is 11.3. The van der Waals surface area contributed by atoms with Gasteiger partial charge in [0.15, 0.2) is 0 Å². The Labute approximate surface area is 194 Å². The summed E-state index contributed by atoms with van der Waals surface area (Å²) in [4.78, 5) is 36.0. The normalized spacial score (nSPS) is 13.5. The Balaban J connectivity index is 1.56. The van der Waals surface area contributed by atoms with E-state index in [4.69, 9.17) is 9.84 Å². The van der Waals surface area contributed by atoms with E-state index >= 15 is 0 Å². The molecule has 2 aromatic rings. The predicted molar refractivity (Wildman–Crippen MR) is 126 cm³/mol. The first-order chi connectivity index (χ1) is 15.7. The van der Waals surface area contributed by atoms with Gasteiger partial charge < -0.3 is 20.5 Å². The SMILES string of the molecule is CCCC(CC(=O)O)NC(=O)CC(C)(C)NC(=O)OCC1c2ccccc2-c2ccccc21. The van der Waals surface area contributed by atoms with Crippen molar-refractivity contribution in [2.75, 3.05) is 6.61 Å². The zero-order chi connectivity index (χ0) is 24.0. The van der Waals surface area contributed by atoms with Gasteiger partial charge in [-0.1, -0.05) is 61.9 Å². The van der Waals surface area contributed by atoms with Crippen LogP contribution in [0.1, 0.15) is 63.5 Å². The van der Waals surface area contributed by atoms with Crippen LogP contribution in [0.25, 0.3) is 11.1 Å². The zero-order valence-electron chi connectivity index (χ0n) is 19.4. The molecule has 0 saturated heterocycles. The number of hydrogen-bond acceptors (Lipinski definition) is 4. The molecular weight excluding hydrogens is 420 g/mol. The van der Waals surface area contributed by atoms with E-state index in [0.717, 1.165) is 28.7 Å². The molecule has 0 fully saturated rings. The second kappa shape index (κ2) is 10.5. The second-order valence-electron chi connectivity index (χ2n) is 9.16. The number of alkyl carbamates (subject to hydrolysis) is 1. The van der Waals surface area contributed by atoms with Crippen molar-refractivity contribution in [3.05, 3.63) is 59.7 Å². The number of hydrogen-bond donors (Lipinski definition) is 3. The number of aliphatic carboxylic acids is 1. The zero-order valence-corrected chi connectivity index (χ0v) is 19.4. The Morgan fingerprint density at radius 1 is 1.03 bits per heavy atom. The van der Waals surface area contributed by atoms with Crippen LogP contribution in [0.5, 0.6) is 0 Å². The highest BCUT2D eigenvalue weighted by atomic mass is 16.5. The maximum atomic E-state index is 12.5. The van der Waals surface area contributed by atoms with E-state index in [1.165, 1.54) is 0 Å². The summed E-state index contributed by atoms with van der Waals surface area (Å²) in [5.41, 5.74) is 3.72. The molecule has 1 unspecified atom stereocenters. The highest BCUT2D eigenvalue weighted by Gasteiger charge is 2.30. The average molecular weight is 453 g/mol. The average Bonchev–Trinajstić information content (AvgIpc) is 3.05. The standard InChI is InChI=1S/C26H32N2O5/c1-4-9-17(14-24(30)31)27-23(29)15-26(2,3)28-25(32)33-16-22-20-12-7-5-10-18(20)19-11-6-8-13-21(19)22/h5-8,10-13,17,22H,4,9,14-16H2,1-3H3,(H,27,29)(H,28,32)(H,30,31). The van der Waals surface area contributed by atoms with Gasteiger partial charge in [0.25, 0.3) is 0 Å². The molecule has 3 rings (SSSR count). The highest BCUT2D eigenvalue weighted by molar-refractivity contribution is 5.80. The number of fused-ring (bicyclic) bond motifs is 3. The van der Waals surface area contributed by atoms with E-state index in [-0.39, 0.29) is 31.3 Å². The summed E-state index contributed by atoms with van der Waals surface area (Å²) in [7, 11) is 0. The van der Waals surface area contributed by atoms with Crippen LogP contribution >= 0.6 is 0 Å². The molecule has 0 aliphatic heterocycles. The molecule has 2 amide bonds. The molecular formula is C26H32N2O5. The number of nitrogens with one attached hydrogen (secondary N) is 2. The van der Waals surface area contributed by atoms with Gasteiger partial charge in [0.05, 0.1) is 6.42 Å². The second-order valence-corrected chi connectivity index (χ2v) is 9.16. The molecule has 7 heteroatoms. The predicted octanol–water partition coefficient (Wildman–Crippen LogP) is 4.45. The molecule has 0 heterocycles. The smallest absolute Gasteiger partial charge is 0.407 e. The van der Waals surface area contributed by atoms with Crippen molar-refractivity contribution < 1.29 is 24.2 Å². The van der Waals surface area contributed by atoms with Crippen LogP contribution in [-0.4, -0.2) is 41.3 Å². The number of amides is 2. The molecule has 1 aliphatic carbocycles. The molecule has 176 valence electrons. The van der Waals surface area contributed by atoms with E-state index in [1.807, 2.05) is 31.2 Å². The molecule has 1 atom stereocenters. The Hall–Kier alpha value is -3.35. The molecule has 0 saturated carbocycles. The van der Waals surface area contributed by atoms with Crippen molar-refractivity contribution in [3.8, 4) is 11.1 Å². The molecule has 0 aromatic heterocycles. The van der Waals surface area contributed by atoms with E-state index in [2.05, 4.69) is 34.9 Å². The maximum Gasteiger partial charge on any atom is 0.407 e. The number of ether oxygens (including phenoxy) is 1. The van der Waals surface area contributed by atoms with Crippen molar-refractivity contribution in [1.82, 2.24) is 10.6 Å². The largest absolute Gasteiger partial charge is 0.481 e. The van der Waals surface area contributed by atoms with Crippen molar-refractivity contribution in [3.63, 3.8) is 0 Å². The van der Waals surface area contributed by atoms with Crippen molar-refractivity contribution in [2.45, 2.75) is 64.0 Å². The fourth-order valence-electron chi connectivity index (χ4n) is 4.42. The lowest BCUT2D eigenvalue weighted by Crippen LogP contribution is -2.48. The maximum absolute atomic E-state index is 12.5. The molecule has 2 aromatic carbocycles. The monoisotopic (exact) mass is 452 g/mol.